The summed E-state index contributed by atoms with van der Waals surface area (Å²) in [5, 5.41) is 0. The highest BCUT2D eigenvalue weighted by Crippen LogP contribution is 2.24. The normalized spacial score (nSPS) is 19.4. The first-order valence-corrected chi connectivity index (χ1v) is 9.94. The molecule has 0 spiro atoms. The van der Waals surface area contributed by atoms with Gasteiger partial charge in [-0.25, -0.2) is 0 Å². The van der Waals surface area contributed by atoms with Gasteiger partial charge in [-0.1, -0.05) is 24.3 Å². The highest BCUT2D eigenvalue weighted by atomic mass is 16.5. The Morgan fingerprint density at radius 1 is 0.931 bits per heavy atom. The lowest BCUT2D eigenvalue weighted by atomic mass is 10.1. The zero-order valence-corrected chi connectivity index (χ0v) is 16.4. The summed E-state index contributed by atoms with van der Waals surface area (Å²) in [6.07, 6.45) is 1.38. The predicted octanol–water partition coefficient (Wildman–Crippen LogP) is 2.61. The van der Waals surface area contributed by atoms with Crippen LogP contribution in [0.15, 0.2) is 40.8 Å². The minimum atomic E-state index is -0.320. The highest BCUT2D eigenvalue weighted by Gasteiger charge is 2.32. The quantitative estimate of drug-likeness (QED) is 0.742. The highest BCUT2D eigenvalue weighted by molar-refractivity contribution is 5.94. The van der Waals surface area contributed by atoms with Crippen LogP contribution in [-0.4, -0.2) is 66.3 Å². The molecular weight excluding hydrogens is 372 g/mol. The molecule has 0 saturated carbocycles. The second kappa shape index (κ2) is 8.21. The molecule has 0 unspecified atom stereocenters. The molecule has 0 bridgehead atoms. The van der Waals surface area contributed by atoms with E-state index < -0.39 is 0 Å². The third-order valence-electron chi connectivity index (χ3n) is 5.48. The van der Waals surface area contributed by atoms with Gasteiger partial charge in [-0.05, 0) is 31.9 Å². The smallest absolute Gasteiger partial charge is 0.289 e. The summed E-state index contributed by atoms with van der Waals surface area (Å²) in [7, 11) is 0. The Balaban J connectivity index is 1.37. The second-order valence-corrected chi connectivity index (χ2v) is 7.42. The predicted molar refractivity (Wildman–Crippen MR) is 106 cm³/mol. The van der Waals surface area contributed by atoms with Gasteiger partial charge in [0.2, 0.25) is 0 Å². The molecule has 3 heterocycles. The molecule has 152 valence electrons. The number of ether oxygens (including phenoxy) is 1. The number of ketones is 1. The Hall–Kier alpha value is -2.93. The molecule has 7 heteroatoms. The van der Waals surface area contributed by atoms with Crippen molar-refractivity contribution in [2.24, 2.45) is 0 Å². The number of nitrogens with zero attached hydrogens (tertiary/aromatic N) is 2. The first-order valence-electron chi connectivity index (χ1n) is 9.94. The molecule has 0 radical (unpaired) electrons. The SMILES string of the molecule is CC(=O)c1ccc(-c2ccc(C(=O)N3CCN(C(=O)[C@H]4CCCO4)CC3)o2)cc1. The lowest BCUT2D eigenvalue weighted by Crippen LogP contribution is -2.52. The zero-order chi connectivity index (χ0) is 20.4. The standard InChI is InChI=1S/C22H24N2O5/c1-15(25)16-4-6-17(7-5-16)18-8-9-20(29-18)22(27)24-12-10-23(11-13-24)21(26)19-3-2-14-28-19/h4-9,19H,2-3,10-14H2,1H3/t19-/m1/s1. The van der Waals surface area contributed by atoms with E-state index in [4.69, 9.17) is 9.15 Å². The lowest BCUT2D eigenvalue weighted by molar-refractivity contribution is -0.142. The number of rotatable bonds is 4. The minimum Gasteiger partial charge on any atom is -0.451 e. The first-order chi connectivity index (χ1) is 14.0. The van der Waals surface area contributed by atoms with Gasteiger partial charge in [-0.3, -0.25) is 14.4 Å². The number of hydrogen-bond donors (Lipinski definition) is 0. The maximum atomic E-state index is 12.8. The summed E-state index contributed by atoms with van der Waals surface area (Å²) < 4.78 is 11.2. The molecule has 2 aromatic rings. The van der Waals surface area contributed by atoms with Gasteiger partial charge < -0.3 is 19.0 Å². The van der Waals surface area contributed by atoms with Crippen molar-refractivity contribution in [1.82, 2.24) is 9.80 Å². The van der Waals surface area contributed by atoms with Crippen LogP contribution in [0.2, 0.25) is 0 Å². The van der Waals surface area contributed by atoms with Crippen molar-refractivity contribution in [3.05, 3.63) is 47.7 Å². The van der Waals surface area contributed by atoms with Gasteiger partial charge in [-0.15, -0.1) is 0 Å². The monoisotopic (exact) mass is 396 g/mol. The van der Waals surface area contributed by atoms with Crippen LogP contribution in [0.1, 0.15) is 40.7 Å². The van der Waals surface area contributed by atoms with Gasteiger partial charge in [0.25, 0.3) is 11.8 Å². The summed E-state index contributed by atoms with van der Waals surface area (Å²) >= 11 is 0. The number of piperazine rings is 1. The Morgan fingerprint density at radius 2 is 1.62 bits per heavy atom. The Labute approximate surface area is 169 Å². The van der Waals surface area contributed by atoms with E-state index in [1.165, 1.54) is 6.92 Å². The largest absolute Gasteiger partial charge is 0.451 e. The molecule has 2 aliphatic heterocycles. The van der Waals surface area contributed by atoms with Gasteiger partial charge in [0.05, 0.1) is 0 Å². The van der Waals surface area contributed by atoms with Crippen molar-refractivity contribution in [2.45, 2.75) is 25.9 Å². The number of benzene rings is 1. The molecule has 2 amide bonds. The Kier molecular flexibility index (Phi) is 5.49. The van der Waals surface area contributed by atoms with E-state index in [1.807, 2.05) is 0 Å². The van der Waals surface area contributed by atoms with E-state index in [9.17, 15) is 14.4 Å². The van der Waals surface area contributed by atoms with Crippen LogP contribution in [0.3, 0.4) is 0 Å². The fourth-order valence-electron chi connectivity index (χ4n) is 3.74. The molecule has 0 aliphatic carbocycles. The van der Waals surface area contributed by atoms with Crippen LogP contribution >= 0.6 is 0 Å². The van der Waals surface area contributed by atoms with Gasteiger partial charge in [0.1, 0.15) is 11.9 Å². The van der Waals surface area contributed by atoms with Gasteiger partial charge >= 0.3 is 0 Å². The van der Waals surface area contributed by atoms with E-state index in [0.29, 0.717) is 44.1 Å². The summed E-state index contributed by atoms with van der Waals surface area (Å²) in [4.78, 5) is 40.1. The van der Waals surface area contributed by atoms with Crippen molar-refractivity contribution < 1.29 is 23.5 Å². The van der Waals surface area contributed by atoms with Crippen LogP contribution in [0.25, 0.3) is 11.3 Å². The van der Waals surface area contributed by atoms with Gasteiger partial charge in [0, 0.05) is 43.9 Å². The average Bonchev–Trinajstić information content (AvgIpc) is 3.45. The topological polar surface area (TPSA) is 80.1 Å². The van der Waals surface area contributed by atoms with Crippen molar-refractivity contribution in [2.75, 3.05) is 32.8 Å². The van der Waals surface area contributed by atoms with Crippen LogP contribution < -0.4 is 0 Å². The number of amides is 2. The molecule has 1 aromatic carbocycles. The number of furan rings is 1. The fraction of sp³-hybridized carbons (Fsp3) is 0.409. The molecule has 4 rings (SSSR count). The van der Waals surface area contributed by atoms with Crippen molar-refractivity contribution >= 4 is 17.6 Å². The molecule has 2 aliphatic rings. The summed E-state index contributed by atoms with van der Waals surface area (Å²) in [6.45, 7) is 4.12. The van der Waals surface area contributed by atoms with Crippen LogP contribution in [0, 0.1) is 0 Å². The molecule has 1 aromatic heterocycles. The number of hydrogen-bond acceptors (Lipinski definition) is 5. The fourth-order valence-corrected chi connectivity index (χ4v) is 3.74. The molecule has 2 saturated heterocycles. The molecule has 7 nitrogen and oxygen atoms in total. The second-order valence-electron chi connectivity index (χ2n) is 7.42. The third-order valence-corrected chi connectivity index (χ3v) is 5.48. The Morgan fingerprint density at radius 3 is 2.24 bits per heavy atom. The number of carbonyl (C=O) groups is 3. The Bertz CT molecular complexity index is 904. The summed E-state index contributed by atoms with van der Waals surface area (Å²) in [6, 6.07) is 10.5. The number of Topliss-reactive ketones (excluding diaryl/α,β-unsaturated/α-hetero) is 1. The van der Waals surface area contributed by atoms with E-state index in [2.05, 4.69) is 0 Å². The van der Waals surface area contributed by atoms with Crippen LogP contribution in [0.5, 0.6) is 0 Å². The maximum Gasteiger partial charge on any atom is 0.289 e. The van der Waals surface area contributed by atoms with E-state index >= 15 is 0 Å². The van der Waals surface area contributed by atoms with Crippen molar-refractivity contribution in [3.8, 4) is 11.3 Å². The molecular formula is C22H24N2O5. The number of carbonyl (C=O) groups excluding carboxylic acids is 3. The molecule has 29 heavy (non-hydrogen) atoms. The first kappa shape index (κ1) is 19.4. The third kappa shape index (κ3) is 4.10. The van der Waals surface area contributed by atoms with Gasteiger partial charge in [-0.2, -0.15) is 0 Å². The van der Waals surface area contributed by atoms with E-state index in [1.54, 1.807) is 46.2 Å². The van der Waals surface area contributed by atoms with Crippen molar-refractivity contribution in [1.29, 1.82) is 0 Å². The molecule has 1 atom stereocenters. The van der Waals surface area contributed by atoms with Crippen molar-refractivity contribution in [3.63, 3.8) is 0 Å². The molecule has 2 fully saturated rings. The summed E-state index contributed by atoms with van der Waals surface area (Å²) in [5.74, 6) is 0.707. The van der Waals surface area contributed by atoms with Crippen LogP contribution in [-0.2, 0) is 9.53 Å². The average molecular weight is 396 g/mol. The maximum absolute atomic E-state index is 12.8. The lowest BCUT2D eigenvalue weighted by Gasteiger charge is -2.35. The van der Waals surface area contributed by atoms with Crippen LogP contribution in [0.4, 0.5) is 0 Å². The van der Waals surface area contributed by atoms with Gasteiger partial charge in [0.15, 0.2) is 11.5 Å². The minimum absolute atomic E-state index is 0.00368. The summed E-state index contributed by atoms with van der Waals surface area (Å²) in [5.41, 5.74) is 1.44. The zero-order valence-electron chi connectivity index (χ0n) is 16.4. The van der Waals surface area contributed by atoms with E-state index in [0.717, 1.165) is 18.4 Å². The van der Waals surface area contributed by atoms with E-state index in [-0.39, 0.29) is 29.5 Å². The molecule has 0 N–H and O–H groups in total.